The lowest BCUT2D eigenvalue weighted by atomic mass is 10.2. The van der Waals surface area contributed by atoms with E-state index in [0.717, 1.165) is 16.4 Å². The fourth-order valence-corrected chi connectivity index (χ4v) is 4.20. The molecule has 1 saturated heterocycles. The second-order valence-electron chi connectivity index (χ2n) is 6.90. The molecule has 4 aromatic rings. The summed E-state index contributed by atoms with van der Waals surface area (Å²) in [6.07, 6.45) is 3.39. The number of aromatic nitrogens is 3. The summed E-state index contributed by atoms with van der Waals surface area (Å²) in [7, 11) is 0. The monoisotopic (exact) mass is 417 g/mol. The van der Waals surface area contributed by atoms with Crippen LogP contribution >= 0.6 is 11.3 Å². The SMILES string of the molecule is O=C(c1csc(-c2ccco2)n1)N1CCN(c2ccnc(-c3ccccc3)n2)CC1. The first-order chi connectivity index (χ1) is 14.8. The minimum atomic E-state index is -0.0450. The Balaban J connectivity index is 1.25. The molecular formula is C22H19N5O2S. The van der Waals surface area contributed by atoms with E-state index in [-0.39, 0.29) is 5.91 Å². The molecule has 0 radical (unpaired) electrons. The molecule has 0 saturated carbocycles. The van der Waals surface area contributed by atoms with Crippen LogP contribution in [0.15, 0.2) is 70.8 Å². The van der Waals surface area contributed by atoms with E-state index in [2.05, 4.69) is 14.9 Å². The molecule has 0 atom stereocenters. The second kappa shape index (κ2) is 8.08. The van der Waals surface area contributed by atoms with E-state index in [1.165, 1.54) is 11.3 Å². The first-order valence-electron chi connectivity index (χ1n) is 9.70. The van der Waals surface area contributed by atoms with Crippen LogP contribution in [0.25, 0.3) is 22.2 Å². The van der Waals surface area contributed by atoms with E-state index >= 15 is 0 Å². The van der Waals surface area contributed by atoms with Crippen LogP contribution in [0.4, 0.5) is 5.82 Å². The van der Waals surface area contributed by atoms with E-state index in [1.54, 1.807) is 17.8 Å². The Morgan fingerprint density at radius 3 is 2.57 bits per heavy atom. The van der Waals surface area contributed by atoms with Gasteiger partial charge in [0.25, 0.3) is 5.91 Å². The van der Waals surface area contributed by atoms with Crippen LogP contribution in [-0.4, -0.2) is 51.9 Å². The molecule has 4 heterocycles. The Morgan fingerprint density at radius 1 is 0.967 bits per heavy atom. The number of furan rings is 1. The van der Waals surface area contributed by atoms with Gasteiger partial charge in [-0.05, 0) is 18.2 Å². The van der Waals surface area contributed by atoms with E-state index in [1.807, 2.05) is 53.4 Å². The van der Waals surface area contributed by atoms with Gasteiger partial charge in [0.05, 0.1) is 6.26 Å². The van der Waals surface area contributed by atoms with Crippen LogP contribution in [0.1, 0.15) is 10.5 Å². The standard InChI is InChI=1S/C22H19N5O2S/c28-22(17-15-30-21(24-17)18-7-4-14-29-18)27-12-10-26(11-13-27)19-8-9-23-20(25-19)16-5-2-1-3-6-16/h1-9,14-15H,10-13H2. The van der Waals surface area contributed by atoms with Gasteiger partial charge in [-0.1, -0.05) is 30.3 Å². The summed E-state index contributed by atoms with van der Waals surface area (Å²) in [4.78, 5) is 30.5. The number of benzene rings is 1. The molecule has 1 fully saturated rings. The van der Waals surface area contributed by atoms with Gasteiger partial charge in [-0.3, -0.25) is 4.79 Å². The Labute approximate surface area is 177 Å². The maximum Gasteiger partial charge on any atom is 0.273 e. The zero-order chi connectivity index (χ0) is 20.3. The smallest absolute Gasteiger partial charge is 0.273 e. The quantitative estimate of drug-likeness (QED) is 0.502. The van der Waals surface area contributed by atoms with Gasteiger partial charge in [0, 0.05) is 43.3 Å². The molecule has 150 valence electrons. The molecule has 3 aromatic heterocycles. The van der Waals surface area contributed by atoms with E-state index in [0.29, 0.717) is 43.5 Å². The minimum Gasteiger partial charge on any atom is -0.462 e. The number of nitrogens with zero attached hydrogens (tertiary/aromatic N) is 5. The molecule has 7 nitrogen and oxygen atoms in total. The van der Waals surface area contributed by atoms with Crippen molar-refractivity contribution in [3.8, 4) is 22.2 Å². The third-order valence-electron chi connectivity index (χ3n) is 5.02. The van der Waals surface area contributed by atoms with Crippen molar-refractivity contribution in [2.45, 2.75) is 0 Å². The number of thiazole rings is 1. The van der Waals surface area contributed by atoms with Gasteiger partial charge < -0.3 is 14.2 Å². The van der Waals surface area contributed by atoms with Crippen LogP contribution in [0.5, 0.6) is 0 Å². The number of piperazine rings is 1. The molecule has 30 heavy (non-hydrogen) atoms. The van der Waals surface area contributed by atoms with Crippen LogP contribution in [0.3, 0.4) is 0 Å². The van der Waals surface area contributed by atoms with Crippen molar-refractivity contribution in [3.63, 3.8) is 0 Å². The van der Waals surface area contributed by atoms with Crippen LogP contribution in [0.2, 0.25) is 0 Å². The fourth-order valence-electron chi connectivity index (χ4n) is 3.44. The van der Waals surface area contributed by atoms with Crippen LogP contribution in [0, 0.1) is 0 Å². The van der Waals surface area contributed by atoms with E-state index < -0.39 is 0 Å². The highest BCUT2D eigenvalue weighted by atomic mass is 32.1. The molecule has 0 aliphatic carbocycles. The largest absolute Gasteiger partial charge is 0.462 e. The van der Waals surface area contributed by atoms with Gasteiger partial charge in [0.15, 0.2) is 16.6 Å². The number of carbonyl (C=O) groups excluding carboxylic acids is 1. The first kappa shape index (κ1) is 18.5. The van der Waals surface area contributed by atoms with Crippen molar-refractivity contribution in [3.05, 3.63) is 72.1 Å². The molecule has 1 aliphatic heterocycles. The highest BCUT2D eigenvalue weighted by molar-refractivity contribution is 7.13. The van der Waals surface area contributed by atoms with E-state index in [9.17, 15) is 4.79 Å². The summed E-state index contributed by atoms with van der Waals surface area (Å²) < 4.78 is 5.37. The fraction of sp³-hybridized carbons (Fsp3) is 0.182. The van der Waals surface area contributed by atoms with Crippen molar-refractivity contribution >= 4 is 23.1 Å². The Morgan fingerprint density at radius 2 is 1.80 bits per heavy atom. The lowest BCUT2D eigenvalue weighted by molar-refractivity contribution is 0.0741. The van der Waals surface area contributed by atoms with Crippen LogP contribution < -0.4 is 4.90 Å². The number of hydrogen-bond donors (Lipinski definition) is 0. The molecule has 1 amide bonds. The number of carbonyl (C=O) groups is 1. The summed E-state index contributed by atoms with van der Waals surface area (Å²) in [5.74, 6) is 2.22. The predicted molar refractivity (Wildman–Crippen MR) is 115 cm³/mol. The maximum atomic E-state index is 12.9. The molecule has 1 aliphatic rings. The third kappa shape index (κ3) is 3.69. The molecule has 0 N–H and O–H groups in total. The van der Waals surface area contributed by atoms with Gasteiger partial charge in [-0.15, -0.1) is 11.3 Å². The van der Waals surface area contributed by atoms with Crippen molar-refractivity contribution in [2.24, 2.45) is 0 Å². The maximum absolute atomic E-state index is 12.9. The van der Waals surface area contributed by atoms with Gasteiger partial charge in [-0.25, -0.2) is 15.0 Å². The second-order valence-corrected chi connectivity index (χ2v) is 7.76. The van der Waals surface area contributed by atoms with Crippen molar-refractivity contribution < 1.29 is 9.21 Å². The molecular weight excluding hydrogens is 398 g/mol. The average Bonchev–Trinajstić information content (AvgIpc) is 3.52. The Hall–Kier alpha value is -3.52. The minimum absolute atomic E-state index is 0.0450. The summed E-state index contributed by atoms with van der Waals surface area (Å²) >= 11 is 1.42. The lowest BCUT2D eigenvalue weighted by Gasteiger charge is -2.35. The van der Waals surface area contributed by atoms with Gasteiger partial charge in [-0.2, -0.15) is 0 Å². The molecule has 1 aromatic carbocycles. The predicted octanol–water partition coefficient (Wildman–Crippen LogP) is 3.82. The average molecular weight is 417 g/mol. The van der Waals surface area contributed by atoms with E-state index in [4.69, 9.17) is 9.40 Å². The van der Waals surface area contributed by atoms with Crippen molar-refractivity contribution in [2.75, 3.05) is 31.1 Å². The normalized spacial score (nSPS) is 14.1. The molecule has 0 bridgehead atoms. The number of anilines is 1. The number of amides is 1. The first-order valence-corrected chi connectivity index (χ1v) is 10.6. The third-order valence-corrected chi connectivity index (χ3v) is 5.88. The molecule has 0 spiro atoms. The summed E-state index contributed by atoms with van der Waals surface area (Å²) in [5, 5.41) is 2.51. The highest BCUT2D eigenvalue weighted by Crippen LogP contribution is 2.25. The van der Waals surface area contributed by atoms with Crippen LogP contribution in [-0.2, 0) is 0 Å². The molecule has 8 heteroatoms. The topological polar surface area (TPSA) is 75.4 Å². The van der Waals surface area contributed by atoms with Gasteiger partial charge in [0.1, 0.15) is 11.5 Å². The van der Waals surface area contributed by atoms with Gasteiger partial charge >= 0.3 is 0 Å². The van der Waals surface area contributed by atoms with Crippen molar-refractivity contribution in [1.29, 1.82) is 0 Å². The molecule has 5 rings (SSSR count). The highest BCUT2D eigenvalue weighted by Gasteiger charge is 2.25. The number of hydrogen-bond acceptors (Lipinski definition) is 7. The summed E-state index contributed by atoms with van der Waals surface area (Å²) in [6, 6.07) is 15.5. The summed E-state index contributed by atoms with van der Waals surface area (Å²) in [6.45, 7) is 2.67. The lowest BCUT2D eigenvalue weighted by Crippen LogP contribution is -2.49. The zero-order valence-corrected chi connectivity index (χ0v) is 17.0. The van der Waals surface area contributed by atoms with Crippen molar-refractivity contribution in [1.82, 2.24) is 19.9 Å². The molecule has 0 unspecified atom stereocenters. The van der Waals surface area contributed by atoms with Gasteiger partial charge in [0.2, 0.25) is 0 Å². The number of rotatable bonds is 4. The Bertz CT molecular complexity index is 1140. The summed E-state index contributed by atoms with van der Waals surface area (Å²) in [5.41, 5.74) is 1.46. The zero-order valence-electron chi connectivity index (χ0n) is 16.1. The Kier molecular flexibility index (Phi) is 4.98.